The lowest BCUT2D eigenvalue weighted by Crippen LogP contribution is -2.30. The van der Waals surface area contributed by atoms with E-state index in [9.17, 15) is 5.11 Å². The topological polar surface area (TPSA) is 23.5 Å². The van der Waals surface area contributed by atoms with Gasteiger partial charge in [0.2, 0.25) is 0 Å². The van der Waals surface area contributed by atoms with E-state index in [1.54, 1.807) is 0 Å². The molecule has 0 spiro atoms. The molecule has 0 aliphatic carbocycles. The lowest BCUT2D eigenvalue weighted by atomic mass is 10.1. The van der Waals surface area contributed by atoms with E-state index in [2.05, 4.69) is 53.4 Å². The predicted octanol–water partition coefficient (Wildman–Crippen LogP) is 3.63. The molecule has 0 bridgehead atoms. The van der Waals surface area contributed by atoms with Gasteiger partial charge in [-0.15, -0.1) is 0 Å². The molecule has 0 aliphatic heterocycles. The van der Waals surface area contributed by atoms with Gasteiger partial charge in [-0.05, 0) is 18.1 Å². The molecule has 21 heavy (non-hydrogen) atoms. The van der Waals surface area contributed by atoms with Gasteiger partial charge in [-0.25, -0.2) is 0 Å². The second kappa shape index (κ2) is 8.40. The first-order chi connectivity index (χ1) is 10.3. The zero-order valence-electron chi connectivity index (χ0n) is 12.5. The summed E-state index contributed by atoms with van der Waals surface area (Å²) in [5, 5.41) is 10.0. The molecule has 0 fully saturated rings. The Bertz CT molecular complexity index is 495. The number of hydrogen-bond acceptors (Lipinski definition) is 2. The summed E-state index contributed by atoms with van der Waals surface area (Å²) in [4.78, 5) is 2.27. The first kappa shape index (κ1) is 15.5. The molecule has 0 amide bonds. The van der Waals surface area contributed by atoms with Gasteiger partial charge in [0.25, 0.3) is 0 Å². The fourth-order valence-corrected chi connectivity index (χ4v) is 2.42. The van der Waals surface area contributed by atoms with Crippen LogP contribution >= 0.6 is 0 Å². The number of nitrogens with zero attached hydrogens (tertiary/aromatic N) is 1. The molecular formula is C19H23NO. The van der Waals surface area contributed by atoms with Crippen LogP contribution in [-0.2, 0) is 13.1 Å². The molecule has 2 heteroatoms. The highest BCUT2D eigenvalue weighted by Gasteiger charge is 2.10. The number of rotatable bonds is 7. The highest BCUT2D eigenvalue weighted by atomic mass is 16.3. The second-order valence-corrected chi connectivity index (χ2v) is 5.23. The molecular weight excluding hydrogens is 258 g/mol. The molecule has 2 aromatic carbocycles. The van der Waals surface area contributed by atoms with Crippen LogP contribution < -0.4 is 0 Å². The molecule has 1 unspecified atom stereocenters. The molecule has 2 aromatic rings. The Labute approximate surface area is 127 Å². The van der Waals surface area contributed by atoms with Crippen molar-refractivity contribution in [2.75, 3.05) is 6.54 Å². The number of aliphatic hydroxyl groups is 1. The van der Waals surface area contributed by atoms with Crippen molar-refractivity contribution in [3.8, 4) is 0 Å². The van der Waals surface area contributed by atoms with Crippen molar-refractivity contribution in [2.45, 2.75) is 26.1 Å². The fourth-order valence-electron chi connectivity index (χ4n) is 2.42. The predicted molar refractivity (Wildman–Crippen MR) is 87.8 cm³/mol. The smallest absolute Gasteiger partial charge is 0.0848 e. The Morgan fingerprint density at radius 2 is 1.38 bits per heavy atom. The summed E-state index contributed by atoms with van der Waals surface area (Å²) >= 11 is 0. The van der Waals surface area contributed by atoms with Gasteiger partial charge >= 0.3 is 0 Å². The average molecular weight is 281 g/mol. The molecule has 2 rings (SSSR count). The number of allylic oxidation sites excluding steroid dienone is 1. The van der Waals surface area contributed by atoms with Crippen LogP contribution in [0.25, 0.3) is 0 Å². The fraction of sp³-hybridized carbons (Fsp3) is 0.263. The maximum atomic E-state index is 10.0. The standard InChI is InChI=1S/C19H23NO/c1-2-9-19(21)16-20(14-17-10-5-3-6-11-17)15-18-12-7-4-8-13-18/h2-13,19,21H,14-16H2,1H3/b9-2+. The SMILES string of the molecule is C/C=C/C(O)CN(Cc1ccccc1)Cc1ccccc1. The van der Waals surface area contributed by atoms with E-state index in [1.807, 2.05) is 31.2 Å². The van der Waals surface area contributed by atoms with E-state index in [0.717, 1.165) is 13.1 Å². The quantitative estimate of drug-likeness (QED) is 0.783. The number of hydrogen-bond donors (Lipinski definition) is 1. The summed E-state index contributed by atoms with van der Waals surface area (Å²) in [6.07, 6.45) is 3.30. The maximum absolute atomic E-state index is 10.0. The largest absolute Gasteiger partial charge is 0.388 e. The van der Waals surface area contributed by atoms with Crippen molar-refractivity contribution in [3.05, 3.63) is 83.9 Å². The zero-order chi connectivity index (χ0) is 14.9. The Morgan fingerprint density at radius 1 is 0.905 bits per heavy atom. The summed E-state index contributed by atoms with van der Waals surface area (Å²) in [5.41, 5.74) is 2.53. The van der Waals surface area contributed by atoms with Crippen LogP contribution in [0.1, 0.15) is 18.1 Å². The van der Waals surface area contributed by atoms with Crippen LogP contribution in [0, 0.1) is 0 Å². The van der Waals surface area contributed by atoms with Gasteiger partial charge in [0.05, 0.1) is 6.10 Å². The van der Waals surface area contributed by atoms with E-state index in [-0.39, 0.29) is 0 Å². The number of aliphatic hydroxyl groups excluding tert-OH is 1. The normalized spacial score (nSPS) is 12.9. The van der Waals surface area contributed by atoms with E-state index in [1.165, 1.54) is 11.1 Å². The van der Waals surface area contributed by atoms with Crippen LogP contribution in [0.3, 0.4) is 0 Å². The lowest BCUT2D eigenvalue weighted by molar-refractivity contribution is 0.137. The van der Waals surface area contributed by atoms with Crippen LogP contribution in [0.2, 0.25) is 0 Å². The van der Waals surface area contributed by atoms with E-state index >= 15 is 0 Å². The molecule has 0 aromatic heterocycles. The third kappa shape index (κ3) is 5.54. The molecule has 1 atom stereocenters. The van der Waals surface area contributed by atoms with Crippen LogP contribution in [0.15, 0.2) is 72.8 Å². The second-order valence-electron chi connectivity index (χ2n) is 5.23. The Hall–Kier alpha value is -1.90. The van der Waals surface area contributed by atoms with Crippen molar-refractivity contribution in [3.63, 3.8) is 0 Å². The highest BCUT2D eigenvalue weighted by Crippen LogP contribution is 2.11. The van der Waals surface area contributed by atoms with Crippen LogP contribution in [-0.4, -0.2) is 22.7 Å². The van der Waals surface area contributed by atoms with Crippen molar-refractivity contribution in [1.29, 1.82) is 0 Å². The first-order valence-electron chi connectivity index (χ1n) is 7.39. The van der Waals surface area contributed by atoms with Gasteiger partial charge in [0.1, 0.15) is 0 Å². The summed E-state index contributed by atoms with van der Waals surface area (Å²) in [7, 11) is 0. The zero-order valence-corrected chi connectivity index (χ0v) is 12.5. The molecule has 0 aliphatic rings. The van der Waals surface area contributed by atoms with Gasteiger partial charge in [0.15, 0.2) is 0 Å². The lowest BCUT2D eigenvalue weighted by Gasteiger charge is -2.24. The average Bonchev–Trinajstić information content (AvgIpc) is 2.49. The Balaban J connectivity index is 2.06. The summed E-state index contributed by atoms with van der Waals surface area (Å²) < 4.78 is 0. The molecule has 2 nitrogen and oxygen atoms in total. The summed E-state index contributed by atoms with van der Waals surface area (Å²) in [6, 6.07) is 20.8. The van der Waals surface area contributed by atoms with Gasteiger partial charge in [-0.2, -0.15) is 0 Å². The van der Waals surface area contributed by atoms with Gasteiger partial charge < -0.3 is 5.11 Å². The van der Waals surface area contributed by atoms with Crippen LogP contribution in [0.5, 0.6) is 0 Å². The first-order valence-corrected chi connectivity index (χ1v) is 7.39. The van der Waals surface area contributed by atoms with E-state index < -0.39 is 6.10 Å². The molecule has 110 valence electrons. The van der Waals surface area contributed by atoms with Crippen molar-refractivity contribution in [2.24, 2.45) is 0 Å². The minimum atomic E-state index is -0.428. The minimum Gasteiger partial charge on any atom is -0.388 e. The van der Waals surface area contributed by atoms with E-state index in [0.29, 0.717) is 6.54 Å². The van der Waals surface area contributed by atoms with Gasteiger partial charge in [0, 0.05) is 19.6 Å². The van der Waals surface area contributed by atoms with Crippen LogP contribution in [0.4, 0.5) is 0 Å². The van der Waals surface area contributed by atoms with Crippen molar-refractivity contribution in [1.82, 2.24) is 4.90 Å². The highest BCUT2D eigenvalue weighted by molar-refractivity contribution is 5.17. The minimum absolute atomic E-state index is 0.428. The molecule has 0 saturated heterocycles. The third-order valence-corrected chi connectivity index (χ3v) is 3.36. The summed E-state index contributed by atoms with van der Waals surface area (Å²) in [6.45, 7) is 4.24. The monoisotopic (exact) mass is 281 g/mol. The van der Waals surface area contributed by atoms with Crippen molar-refractivity contribution < 1.29 is 5.11 Å². The molecule has 1 N–H and O–H groups in total. The van der Waals surface area contributed by atoms with E-state index in [4.69, 9.17) is 0 Å². The number of benzene rings is 2. The Morgan fingerprint density at radius 3 is 1.81 bits per heavy atom. The maximum Gasteiger partial charge on any atom is 0.0848 e. The van der Waals surface area contributed by atoms with Gasteiger partial charge in [-0.3, -0.25) is 4.90 Å². The molecule has 0 heterocycles. The molecule has 0 saturated carbocycles. The van der Waals surface area contributed by atoms with Gasteiger partial charge in [-0.1, -0.05) is 72.8 Å². The Kier molecular flexibility index (Phi) is 6.20. The van der Waals surface area contributed by atoms with Crippen molar-refractivity contribution >= 4 is 0 Å². The summed E-state index contributed by atoms with van der Waals surface area (Å²) in [5.74, 6) is 0. The molecule has 0 radical (unpaired) electrons. The third-order valence-electron chi connectivity index (χ3n) is 3.36.